The summed E-state index contributed by atoms with van der Waals surface area (Å²) in [6.07, 6.45) is 1.13. The van der Waals surface area contributed by atoms with Crippen molar-refractivity contribution in [2.75, 3.05) is 6.54 Å². The molecule has 23 heavy (non-hydrogen) atoms. The number of aromatic hydroxyl groups is 1. The average molecular weight is 319 g/mol. The van der Waals surface area contributed by atoms with E-state index in [2.05, 4.69) is 0 Å². The highest BCUT2D eigenvalue weighted by atomic mass is 16.4. The fourth-order valence-corrected chi connectivity index (χ4v) is 3.04. The molecule has 1 saturated heterocycles. The molecule has 1 heterocycles. The summed E-state index contributed by atoms with van der Waals surface area (Å²) in [6.45, 7) is 8.39. The van der Waals surface area contributed by atoms with Crippen molar-refractivity contribution in [3.63, 3.8) is 0 Å². The Kier molecular flexibility index (Phi) is 4.97. The van der Waals surface area contributed by atoms with Crippen molar-refractivity contribution in [1.29, 1.82) is 0 Å². The van der Waals surface area contributed by atoms with Crippen LogP contribution in [0.3, 0.4) is 0 Å². The van der Waals surface area contributed by atoms with Crippen LogP contribution in [0.4, 0.5) is 0 Å². The minimum Gasteiger partial charge on any atom is -0.507 e. The van der Waals surface area contributed by atoms with Crippen LogP contribution < -0.4 is 0 Å². The quantitative estimate of drug-likeness (QED) is 0.892. The van der Waals surface area contributed by atoms with Crippen molar-refractivity contribution in [2.24, 2.45) is 0 Å². The zero-order chi connectivity index (χ0) is 17.3. The Labute approximate surface area is 136 Å². The van der Waals surface area contributed by atoms with Gasteiger partial charge in [0.15, 0.2) is 0 Å². The number of amides is 1. The molecule has 5 heteroatoms. The van der Waals surface area contributed by atoms with Gasteiger partial charge in [0.2, 0.25) is 0 Å². The zero-order valence-corrected chi connectivity index (χ0v) is 14.2. The number of hydrogen-bond acceptors (Lipinski definition) is 3. The molecule has 1 aliphatic heterocycles. The number of nitrogens with zero attached hydrogens (tertiary/aromatic N) is 1. The minimum atomic E-state index is -0.987. The molecule has 1 aromatic carbocycles. The number of likely N-dealkylation sites (tertiary alicyclic amines) is 1. The maximum Gasteiger partial charge on any atom is 0.326 e. The lowest BCUT2D eigenvalue weighted by atomic mass is 9.91. The van der Waals surface area contributed by atoms with Gasteiger partial charge in [-0.05, 0) is 41.9 Å². The SMILES string of the molecule is CC(C)c1cc(C(=O)N2CCC[C@@H]2C(=O)O)c(O)c(C(C)C)c1. The maximum absolute atomic E-state index is 12.8. The number of phenols is 1. The predicted molar refractivity (Wildman–Crippen MR) is 88.0 cm³/mol. The molecule has 1 amide bonds. The first-order valence-corrected chi connectivity index (χ1v) is 8.14. The largest absolute Gasteiger partial charge is 0.507 e. The van der Waals surface area contributed by atoms with E-state index >= 15 is 0 Å². The average Bonchev–Trinajstić information content (AvgIpc) is 2.95. The molecule has 0 radical (unpaired) electrons. The highest BCUT2D eigenvalue weighted by Crippen LogP contribution is 2.34. The summed E-state index contributed by atoms with van der Waals surface area (Å²) in [6, 6.07) is 2.83. The van der Waals surface area contributed by atoms with E-state index in [1.54, 1.807) is 6.07 Å². The summed E-state index contributed by atoms with van der Waals surface area (Å²) in [5.41, 5.74) is 1.92. The van der Waals surface area contributed by atoms with Gasteiger partial charge in [-0.15, -0.1) is 0 Å². The normalized spacial score (nSPS) is 18.0. The number of carboxylic acid groups (broad SMARTS) is 1. The summed E-state index contributed by atoms with van der Waals surface area (Å²) < 4.78 is 0. The fourth-order valence-electron chi connectivity index (χ4n) is 3.04. The van der Waals surface area contributed by atoms with Gasteiger partial charge in [0.05, 0.1) is 5.56 Å². The number of aliphatic carboxylic acids is 1. The van der Waals surface area contributed by atoms with Crippen molar-refractivity contribution < 1.29 is 19.8 Å². The molecule has 0 bridgehead atoms. The Bertz CT molecular complexity index is 622. The van der Waals surface area contributed by atoms with Gasteiger partial charge in [-0.25, -0.2) is 4.79 Å². The van der Waals surface area contributed by atoms with Crippen molar-refractivity contribution in [3.05, 3.63) is 28.8 Å². The van der Waals surface area contributed by atoms with Crippen molar-refractivity contribution in [1.82, 2.24) is 4.90 Å². The molecule has 1 aliphatic rings. The lowest BCUT2D eigenvalue weighted by molar-refractivity contribution is -0.141. The summed E-state index contributed by atoms with van der Waals surface area (Å²) in [4.78, 5) is 25.5. The van der Waals surface area contributed by atoms with Crippen LogP contribution in [0.25, 0.3) is 0 Å². The Balaban J connectivity index is 2.49. The molecular formula is C18H25NO4. The first-order chi connectivity index (χ1) is 10.7. The summed E-state index contributed by atoms with van der Waals surface area (Å²) >= 11 is 0. The lowest BCUT2D eigenvalue weighted by Crippen LogP contribution is -2.40. The topological polar surface area (TPSA) is 77.8 Å². The molecule has 1 atom stereocenters. The van der Waals surface area contributed by atoms with Gasteiger partial charge in [0, 0.05) is 6.54 Å². The molecular weight excluding hydrogens is 294 g/mol. The number of carboxylic acids is 1. The van der Waals surface area contributed by atoms with Gasteiger partial charge in [0.25, 0.3) is 5.91 Å². The molecule has 1 fully saturated rings. The molecule has 0 aromatic heterocycles. The monoisotopic (exact) mass is 319 g/mol. The van der Waals surface area contributed by atoms with E-state index in [9.17, 15) is 19.8 Å². The molecule has 1 aromatic rings. The third-order valence-corrected chi connectivity index (χ3v) is 4.48. The number of carbonyl (C=O) groups is 2. The smallest absolute Gasteiger partial charge is 0.326 e. The van der Waals surface area contributed by atoms with E-state index in [0.717, 1.165) is 11.1 Å². The van der Waals surface area contributed by atoms with Gasteiger partial charge >= 0.3 is 5.97 Å². The minimum absolute atomic E-state index is 0.0227. The Hall–Kier alpha value is -2.04. The van der Waals surface area contributed by atoms with Gasteiger partial charge < -0.3 is 15.1 Å². The number of rotatable bonds is 4. The van der Waals surface area contributed by atoms with Crippen LogP contribution in [0.5, 0.6) is 5.75 Å². The van der Waals surface area contributed by atoms with Crippen LogP contribution in [0.2, 0.25) is 0 Å². The lowest BCUT2D eigenvalue weighted by Gasteiger charge is -2.24. The molecule has 0 saturated carbocycles. The Morgan fingerprint density at radius 3 is 2.35 bits per heavy atom. The van der Waals surface area contributed by atoms with E-state index in [1.165, 1.54) is 4.90 Å². The van der Waals surface area contributed by atoms with E-state index in [1.807, 2.05) is 33.8 Å². The number of benzene rings is 1. The molecule has 0 unspecified atom stereocenters. The molecule has 2 rings (SSSR count). The summed E-state index contributed by atoms with van der Waals surface area (Å²) in [5, 5.41) is 19.8. The number of hydrogen-bond donors (Lipinski definition) is 2. The number of carbonyl (C=O) groups excluding carboxylic acids is 1. The Morgan fingerprint density at radius 1 is 1.17 bits per heavy atom. The van der Waals surface area contributed by atoms with E-state index < -0.39 is 17.9 Å². The van der Waals surface area contributed by atoms with Crippen LogP contribution in [-0.2, 0) is 4.79 Å². The van der Waals surface area contributed by atoms with E-state index in [0.29, 0.717) is 19.4 Å². The second kappa shape index (κ2) is 6.60. The van der Waals surface area contributed by atoms with E-state index in [4.69, 9.17) is 0 Å². The second-order valence-electron chi connectivity index (χ2n) is 6.81. The van der Waals surface area contributed by atoms with Gasteiger partial charge in [-0.1, -0.05) is 33.8 Å². The van der Waals surface area contributed by atoms with Gasteiger partial charge in [0.1, 0.15) is 11.8 Å². The van der Waals surface area contributed by atoms with Crippen LogP contribution in [0.1, 0.15) is 73.9 Å². The van der Waals surface area contributed by atoms with Crippen LogP contribution in [0, 0.1) is 0 Å². The predicted octanol–water partition coefficient (Wildman–Crippen LogP) is 3.33. The first-order valence-electron chi connectivity index (χ1n) is 8.14. The van der Waals surface area contributed by atoms with Crippen molar-refractivity contribution in [3.8, 4) is 5.75 Å². The molecule has 126 valence electrons. The fraction of sp³-hybridized carbons (Fsp3) is 0.556. The number of phenolic OH excluding ortho intramolecular Hbond substituents is 1. The molecule has 0 aliphatic carbocycles. The van der Waals surface area contributed by atoms with Crippen LogP contribution in [-0.4, -0.2) is 39.6 Å². The van der Waals surface area contributed by atoms with Gasteiger partial charge in [-0.2, -0.15) is 0 Å². The van der Waals surface area contributed by atoms with E-state index in [-0.39, 0.29) is 23.1 Å². The Morgan fingerprint density at radius 2 is 1.83 bits per heavy atom. The second-order valence-corrected chi connectivity index (χ2v) is 6.81. The van der Waals surface area contributed by atoms with Gasteiger partial charge in [-0.3, -0.25) is 4.79 Å². The summed E-state index contributed by atoms with van der Waals surface area (Å²) in [5.74, 6) is -1.11. The van der Waals surface area contributed by atoms with Crippen LogP contribution >= 0.6 is 0 Å². The zero-order valence-electron chi connectivity index (χ0n) is 14.2. The molecule has 2 N–H and O–H groups in total. The summed E-state index contributed by atoms with van der Waals surface area (Å²) in [7, 11) is 0. The van der Waals surface area contributed by atoms with Crippen LogP contribution in [0.15, 0.2) is 12.1 Å². The van der Waals surface area contributed by atoms with Crippen molar-refractivity contribution >= 4 is 11.9 Å². The first kappa shape index (κ1) is 17.3. The maximum atomic E-state index is 12.8. The standard InChI is InChI=1S/C18H25NO4/c1-10(2)12-8-13(11(3)4)16(20)14(9-12)17(21)19-7-5-6-15(19)18(22)23/h8-11,15,20H,5-7H2,1-4H3,(H,22,23)/t15-/m1/s1. The highest BCUT2D eigenvalue weighted by Gasteiger charge is 2.35. The third kappa shape index (κ3) is 3.33. The highest BCUT2D eigenvalue weighted by molar-refractivity contribution is 5.99. The van der Waals surface area contributed by atoms with Crippen molar-refractivity contribution in [2.45, 2.75) is 58.4 Å². The molecule has 5 nitrogen and oxygen atoms in total. The third-order valence-electron chi connectivity index (χ3n) is 4.48. The molecule has 0 spiro atoms.